The Balaban J connectivity index is 1.33. The highest BCUT2D eigenvalue weighted by molar-refractivity contribution is 5.99. The summed E-state index contributed by atoms with van der Waals surface area (Å²) in [6.45, 7) is 2.97. The fourth-order valence-corrected chi connectivity index (χ4v) is 4.64. The van der Waals surface area contributed by atoms with E-state index in [0.29, 0.717) is 22.3 Å². The van der Waals surface area contributed by atoms with Crippen LogP contribution in [0.5, 0.6) is 0 Å². The number of benzene rings is 2. The normalized spacial score (nSPS) is 15.4. The van der Waals surface area contributed by atoms with Crippen molar-refractivity contribution in [2.24, 2.45) is 0 Å². The zero-order chi connectivity index (χ0) is 24.3. The van der Waals surface area contributed by atoms with Gasteiger partial charge in [-0.1, -0.05) is 60.7 Å². The van der Waals surface area contributed by atoms with Crippen molar-refractivity contribution in [2.45, 2.75) is 31.5 Å². The van der Waals surface area contributed by atoms with E-state index in [0.717, 1.165) is 50.5 Å². The first-order valence-corrected chi connectivity index (χ1v) is 11.9. The zero-order valence-corrected chi connectivity index (χ0v) is 19.3. The molecule has 3 heterocycles. The molecule has 5 rings (SSSR count). The number of nitrogens with one attached hydrogen (secondary N) is 1. The van der Waals surface area contributed by atoms with Crippen molar-refractivity contribution in [3.05, 3.63) is 90.3 Å². The molecule has 1 fully saturated rings. The van der Waals surface area contributed by atoms with Crippen molar-refractivity contribution in [3.8, 4) is 11.1 Å². The van der Waals surface area contributed by atoms with Gasteiger partial charge in [0, 0.05) is 42.8 Å². The number of alkyl halides is 3. The summed E-state index contributed by atoms with van der Waals surface area (Å²) in [6.07, 6.45) is 0.0476. The van der Waals surface area contributed by atoms with Crippen molar-refractivity contribution >= 4 is 16.7 Å². The number of pyridine rings is 2. The maximum absolute atomic E-state index is 13.4. The van der Waals surface area contributed by atoms with Crippen LogP contribution in [0.4, 0.5) is 19.0 Å². The van der Waals surface area contributed by atoms with Gasteiger partial charge in [0.25, 0.3) is 0 Å². The zero-order valence-electron chi connectivity index (χ0n) is 19.3. The van der Waals surface area contributed by atoms with Crippen LogP contribution in [0, 0.1) is 0 Å². The Morgan fingerprint density at radius 3 is 2.26 bits per heavy atom. The molecular weight excluding hydrogens is 449 g/mol. The average molecular weight is 477 g/mol. The minimum Gasteiger partial charge on any atom is -0.367 e. The van der Waals surface area contributed by atoms with Crippen molar-refractivity contribution in [3.63, 3.8) is 0 Å². The van der Waals surface area contributed by atoms with E-state index in [1.807, 2.05) is 36.4 Å². The van der Waals surface area contributed by atoms with Gasteiger partial charge in [-0.05, 0) is 42.5 Å². The van der Waals surface area contributed by atoms with E-state index < -0.39 is 11.9 Å². The van der Waals surface area contributed by atoms with E-state index in [9.17, 15) is 13.2 Å². The Labute approximate surface area is 202 Å². The first kappa shape index (κ1) is 23.3. The summed E-state index contributed by atoms with van der Waals surface area (Å²) in [5.74, 6) is 0.587. The number of rotatable bonds is 6. The molecule has 1 aliphatic rings. The third-order valence-corrected chi connectivity index (χ3v) is 6.59. The molecule has 2 aromatic heterocycles. The van der Waals surface area contributed by atoms with Crippen molar-refractivity contribution in [1.82, 2.24) is 14.9 Å². The molecule has 0 radical (unpaired) electrons. The number of piperidine rings is 1. The van der Waals surface area contributed by atoms with Gasteiger partial charge in [0.1, 0.15) is 11.5 Å². The highest BCUT2D eigenvalue weighted by Gasteiger charge is 2.33. The first-order chi connectivity index (χ1) is 17.0. The second-order valence-electron chi connectivity index (χ2n) is 8.97. The Morgan fingerprint density at radius 1 is 0.886 bits per heavy atom. The fourth-order valence-electron chi connectivity index (χ4n) is 4.64. The minimum atomic E-state index is -4.51. The molecule has 4 nitrogen and oxygen atoms in total. The van der Waals surface area contributed by atoms with Crippen LogP contribution in [0.3, 0.4) is 0 Å². The van der Waals surface area contributed by atoms with Gasteiger partial charge < -0.3 is 10.2 Å². The lowest BCUT2D eigenvalue weighted by Gasteiger charge is -2.32. The third kappa shape index (κ3) is 5.46. The maximum atomic E-state index is 13.4. The van der Waals surface area contributed by atoms with Crippen LogP contribution in [-0.2, 0) is 12.6 Å². The Morgan fingerprint density at radius 2 is 1.57 bits per heavy atom. The summed E-state index contributed by atoms with van der Waals surface area (Å²) in [6, 6.07) is 22.5. The molecule has 0 unspecified atom stereocenters. The smallest absolute Gasteiger partial charge is 0.367 e. The number of nitrogens with zero attached hydrogens (tertiary/aromatic N) is 3. The van der Waals surface area contributed by atoms with Crippen molar-refractivity contribution in [2.75, 3.05) is 25.0 Å². The molecule has 180 valence electrons. The molecule has 0 saturated carbocycles. The van der Waals surface area contributed by atoms with Crippen LogP contribution < -0.4 is 5.32 Å². The molecule has 0 bridgehead atoms. The summed E-state index contributed by atoms with van der Waals surface area (Å²) < 4.78 is 40.3. The lowest BCUT2D eigenvalue weighted by Crippen LogP contribution is -2.40. The van der Waals surface area contributed by atoms with Crippen LogP contribution in [0.2, 0.25) is 0 Å². The molecule has 1 N–H and O–H groups in total. The molecule has 2 aromatic carbocycles. The summed E-state index contributed by atoms with van der Waals surface area (Å²) in [5, 5.41) is 4.10. The highest BCUT2D eigenvalue weighted by Crippen LogP contribution is 2.35. The number of fused-ring (bicyclic) bond motifs is 1. The monoisotopic (exact) mass is 476 g/mol. The predicted octanol–water partition coefficient (Wildman–Crippen LogP) is 6.43. The van der Waals surface area contributed by atoms with Gasteiger partial charge in [-0.2, -0.15) is 13.2 Å². The molecular formula is C28H27F3N4. The van der Waals surface area contributed by atoms with Crippen LogP contribution in [0.1, 0.15) is 24.1 Å². The molecule has 1 saturated heterocycles. The molecule has 0 aliphatic carbocycles. The van der Waals surface area contributed by atoms with Gasteiger partial charge in [-0.25, -0.2) is 9.97 Å². The number of anilines is 1. The Bertz CT molecular complexity index is 1270. The molecule has 1 aliphatic heterocycles. The lowest BCUT2D eigenvalue weighted by molar-refractivity contribution is -0.140. The van der Waals surface area contributed by atoms with Crippen molar-refractivity contribution in [1.29, 1.82) is 0 Å². The predicted molar refractivity (Wildman–Crippen MR) is 133 cm³/mol. The number of likely N-dealkylation sites (tertiary alicyclic amines) is 1. The quantitative estimate of drug-likeness (QED) is 0.348. The molecule has 35 heavy (non-hydrogen) atoms. The maximum Gasteiger partial charge on any atom is 0.433 e. The van der Waals surface area contributed by atoms with E-state index >= 15 is 0 Å². The molecule has 7 heteroatoms. The van der Waals surface area contributed by atoms with E-state index in [2.05, 4.69) is 44.5 Å². The van der Waals surface area contributed by atoms with Gasteiger partial charge in [0.15, 0.2) is 0 Å². The number of hydrogen-bond donors (Lipinski definition) is 1. The largest absolute Gasteiger partial charge is 0.433 e. The lowest BCUT2D eigenvalue weighted by atomic mass is 10.0. The SMILES string of the molecule is FC(F)(F)c1ccc2c(NC3CCN(CCc4ccccc4)CC3)ncc(-c3ccccc3)c2n1. The Hall–Kier alpha value is -3.45. The van der Waals surface area contributed by atoms with Gasteiger partial charge >= 0.3 is 6.18 Å². The summed E-state index contributed by atoms with van der Waals surface area (Å²) in [5.41, 5.74) is 2.13. The minimum absolute atomic E-state index is 0.212. The third-order valence-electron chi connectivity index (χ3n) is 6.59. The van der Waals surface area contributed by atoms with E-state index in [1.54, 1.807) is 6.20 Å². The van der Waals surface area contributed by atoms with Crippen LogP contribution in [0.25, 0.3) is 22.0 Å². The average Bonchev–Trinajstić information content (AvgIpc) is 2.89. The highest BCUT2D eigenvalue weighted by atomic mass is 19.4. The molecule has 0 atom stereocenters. The van der Waals surface area contributed by atoms with Crippen LogP contribution in [-0.4, -0.2) is 40.5 Å². The van der Waals surface area contributed by atoms with Gasteiger partial charge in [-0.3, -0.25) is 0 Å². The summed E-state index contributed by atoms with van der Waals surface area (Å²) in [7, 11) is 0. The van der Waals surface area contributed by atoms with Gasteiger partial charge in [0.2, 0.25) is 0 Å². The first-order valence-electron chi connectivity index (χ1n) is 11.9. The molecule has 0 amide bonds. The van der Waals surface area contributed by atoms with E-state index in [-0.39, 0.29) is 6.04 Å². The topological polar surface area (TPSA) is 41.0 Å². The fraction of sp³-hybridized carbons (Fsp3) is 0.286. The molecule has 0 spiro atoms. The van der Waals surface area contributed by atoms with E-state index in [1.165, 1.54) is 11.6 Å². The van der Waals surface area contributed by atoms with Gasteiger partial charge in [0.05, 0.1) is 5.52 Å². The summed E-state index contributed by atoms with van der Waals surface area (Å²) >= 11 is 0. The number of halogens is 3. The van der Waals surface area contributed by atoms with Crippen LogP contribution >= 0.6 is 0 Å². The number of hydrogen-bond acceptors (Lipinski definition) is 4. The second-order valence-corrected chi connectivity index (χ2v) is 8.97. The Kier molecular flexibility index (Phi) is 6.68. The summed E-state index contributed by atoms with van der Waals surface area (Å²) in [4.78, 5) is 11.1. The second kappa shape index (κ2) is 10.0. The van der Waals surface area contributed by atoms with E-state index in [4.69, 9.17) is 0 Å². The van der Waals surface area contributed by atoms with Crippen molar-refractivity contribution < 1.29 is 13.2 Å². The standard InChI is InChI=1S/C28H27F3N4/c29-28(30,31)25-12-11-23-26(34-25)24(21-9-5-2-6-10-21)19-32-27(23)33-22-14-17-35(18-15-22)16-13-20-7-3-1-4-8-20/h1-12,19,22H,13-18H2,(H,32,33). The van der Waals surface area contributed by atoms with Crippen LogP contribution in [0.15, 0.2) is 79.0 Å². The molecule has 4 aromatic rings. The van der Waals surface area contributed by atoms with Gasteiger partial charge in [-0.15, -0.1) is 0 Å². The number of aromatic nitrogens is 2.